The molecule has 0 saturated heterocycles. The zero-order valence-corrected chi connectivity index (χ0v) is 4.63. The Hall–Kier alpha value is -0.910. The van der Waals surface area contributed by atoms with Crippen LogP contribution in [0.4, 0.5) is 13.2 Å². The number of alkyl halides is 3. The summed E-state index contributed by atoms with van der Waals surface area (Å²) in [6.07, 6.45) is -7.80. The summed E-state index contributed by atoms with van der Waals surface area (Å²) >= 11 is 0. The van der Waals surface area contributed by atoms with E-state index in [4.69, 9.17) is 15.3 Å². The average Bonchev–Trinajstić information content (AvgIpc) is 1.60. The average molecular weight is 158 g/mol. The Morgan fingerprint density at radius 1 is 1.30 bits per heavy atom. The summed E-state index contributed by atoms with van der Waals surface area (Å²) in [4.78, 5) is 0. The SMILES string of the molecule is OC(O)=CC(O)C(F)(F)F. The van der Waals surface area contributed by atoms with Crippen molar-refractivity contribution < 1.29 is 28.5 Å². The van der Waals surface area contributed by atoms with Gasteiger partial charge in [-0.25, -0.2) is 0 Å². The van der Waals surface area contributed by atoms with Crippen molar-refractivity contribution in [2.75, 3.05) is 0 Å². The highest BCUT2D eigenvalue weighted by molar-refractivity contribution is 4.91. The summed E-state index contributed by atoms with van der Waals surface area (Å²) in [5, 5.41) is 23.7. The summed E-state index contributed by atoms with van der Waals surface area (Å²) in [7, 11) is 0. The minimum atomic E-state index is -4.85. The molecule has 10 heavy (non-hydrogen) atoms. The molecule has 3 nitrogen and oxygen atoms in total. The molecule has 0 aromatic rings. The van der Waals surface area contributed by atoms with Gasteiger partial charge in [-0.2, -0.15) is 13.2 Å². The van der Waals surface area contributed by atoms with E-state index in [0.717, 1.165) is 0 Å². The smallest absolute Gasteiger partial charge is 0.418 e. The number of aliphatic hydroxyl groups excluding tert-OH is 2. The molecule has 0 rings (SSSR count). The van der Waals surface area contributed by atoms with Crippen LogP contribution in [0.15, 0.2) is 12.0 Å². The highest BCUT2D eigenvalue weighted by Gasteiger charge is 2.37. The zero-order valence-electron chi connectivity index (χ0n) is 4.63. The molecule has 3 N–H and O–H groups in total. The lowest BCUT2D eigenvalue weighted by Gasteiger charge is -2.08. The summed E-state index contributed by atoms with van der Waals surface area (Å²) < 4.78 is 33.9. The monoisotopic (exact) mass is 158 g/mol. The van der Waals surface area contributed by atoms with Crippen LogP contribution in [0.5, 0.6) is 0 Å². The maximum atomic E-state index is 11.3. The summed E-state index contributed by atoms with van der Waals surface area (Å²) in [5.41, 5.74) is 0. The molecule has 0 aliphatic heterocycles. The lowest BCUT2D eigenvalue weighted by molar-refractivity contribution is -0.189. The first-order chi connectivity index (χ1) is 4.34. The van der Waals surface area contributed by atoms with Gasteiger partial charge in [0, 0.05) is 6.08 Å². The van der Waals surface area contributed by atoms with Crippen molar-refractivity contribution in [2.45, 2.75) is 12.3 Å². The van der Waals surface area contributed by atoms with Crippen molar-refractivity contribution in [3.05, 3.63) is 12.0 Å². The van der Waals surface area contributed by atoms with Crippen LogP contribution in [-0.2, 0) is 0 Å². The van der Waals surface area contributed by atoms with Crippen LogP contribution in [0.1, 0.15) is 0 Å². The van der Waals surface area contributed by atoms with E-state index in [2.05, 4.69) is 0 Å². The first-order valence-corrected chi connectivity index (χ1v) is 2.18. The van der Waals surface area contributed by atoms with Gasteiger partial charge in [-0.05, 0) is 0 Å². The van der Waals surface area contributed by atoms with Crippen LogP contribution in [0.25, 0.3) is 0 Å². The minimum absolute atomic E-state index is 0.125. The predicted molar refractivity (Wildman–Crippen MR) is 25.4 cm³/mol. The van der Waals surface area contributed by atoms with Crippen LogP contribution >= 0.6 is 0 Å². The normalized spacial score (nSPS) is 14.4. The molecule has 1 atom stereocenters. The molecule has 0 spiro atoms. The molecule has 0 amide bonds. The quantitative estimate of drug-likeness (QED) is 0.496. The lowest BCUT2D eigenvalue weighted by Crippen LogP contribution is -2.26. The van der Waals surface area contributed by atoms with Crippen LogP contribution in [0.3, 0.4) is 0 Å². The van der Waals surface area contributed by atoms with E-state index in [1.165, 1.54) is 0 Å². The molecule has 0 aromatic heterocycles. The first-order valence-electron chi connectivity index (χ1n) is 2.18. The topological polar surface area (TPSA) is 60.7 Å². The van der Waals surface area contributed by atoms with E-state index >= 15 is 0 Å². The number of hydrogen-bond acceptors (Lipinski definition) is 3. The van der Waals surface area contributed by atoms with E-state index in [0.29, 0.717) is 0 Å². The zero-order chi connectivity index (χ0) is 8.36. The third kappa shape index (κ3) is 3.18. The molecule has 0 heterocycles. The van der Waals surface area contributed by atoms with Gasteiger partial charge in [0.25, 0.3) is 5.95 Å². The van der Waals surface area contributed by atoms with Crippen LogP contribution in [0.2, 0.25) is 0 Å². The fourth-order valence-corrected chi connectivity index (χ4v) is 0.236. The molecular weight excluding hydrogens is 153 g/mol. The van der Waals surface area contributed by atoms with Crippen molar-refractivity contribution >= 4 is 0 Å². The number of halogens is 3. The Balaban J connectivity index is 4.11. The van der Waals surface area contributed by atoms with Crippen LogP contribution in [-0.4, -0.2) is 27.6 Å². The Bertz CT molecular complexity index is 135. The standard InChI is InChI=1S/C4H5F3O3/c5-4(6,7)2(8)1-3(9)10/h1-2,8-10H. The third-order valence-electron chi connectivity index (χ3n) is 0.642. The molecule has 1 unspecified atom stereocenters. The molecule has 0 aromatic carbocycles. The van der Waals surface area contributed by atoms with Gasteiger partial charge in [0.15, 0.2) is 6.10 Å². The molecule has 0 radical (unpaired) electrons. The molecule has 0 aliphatic carbocycles. The molecule has 0 aliphatic rings. The van der Waals surface area contributed by atoms with E-state index in [9.17, 15) is 13.2 Å². The molecule has 60 valence electrons. The summed E-state index contributed by atoms with van der Waals surface area (Å²) in [6, 6.07) is 0. The number of hydrogen-bond donors (Lipinski definition) is 3. The molecule has 0 saturated carbocycles. The van der Waals surface area contributed by atoms with Crippen LogP contribution < -0.4 is 0 Å². The molecule has 6 heteroatoms. The van der Waals surface area contributed by atoms with Gasteiger partial charge in [-0.15, -0.1) is 0 Å². The van der Waals surface area contributed by atoms with Crippen molar-refractivity contribution in [3.63, 3.8) is 0 Å². The van der Waals surface area contributed by atoms with Gasteiger partial charge in [-0.3, -0.25) is 0 Å². The van der Waals surface area contributed by atoms with E-state index < -0.39 is 18.2 Å². The third-order valence-corrected chi connectivity index (χ3v) is 0.642. The summed E-state index contributed by atoms with van der Waals surface area (Å²) in [5.74, 6) is -1.55. The second kappa shape index (κ2) is 2.78. The van der Waals surface area contributed by atoms with Crippen molar-refractivity contribution in [3.8, 4) is 0 Å². The molecular formula is C4H5F3O3. The minimum Gasteiger partial charge on any atom is -0.481 e. The fraction of sp³-hybridized carbons (Fsp3) is 0.500. The van der Waals surface area contributed by atoms with Gasteiger partial charge in [0.1, 0.15) is 0 Å². The van der Waals surface area contributed by atoms with Gasteiger partial charge < -0.3 is 15.3 Å². The Kier molecular flexibility index (Phi) is 2.53. The molecule has 0 fully saturated rings. The van der Waals surface area contributed by atoms with Crippen molar-refractivity contribution in [2.24, 2.45) is 0 Å². The number of aliphatic hydroxyl groups is 3. The van der Waals surface area contributed by atoms with Gasteiger partial charge in [0.2, 0.25) is 0 Å². The largest absolute Gasteiger partial charge is 0.481 e. The van der Waals surface area contributed by atoms with E-state index in [-0.39, 0.29) is 6.08 Å². The fourth-order valence-electron chi connectivity index (χ4n) is 0.236. The second-order valence-electron chi connectivity index (χ2n) is 1.51. The Labute approximate surface area is 54.0 Å². The highest BCUT2D eigenvalue weighted by atomic mass is 19.4. The predicted octanol–water partition coefficient (Wildman–Crippen LogP) is 0.867. The Morgan fingerprint density at radius 3 is 1.80 bits per heavy atom. The van der Waals surface area contributed by atoms with Gasteiger partial charge >= 0.3 is 6.18 Å². The molecule has 0 bridgehead atoms. The Morgan fingerprint density at radius 2 is 1.70 bits per heavy atom. The van der Waals surface area contributed by atoms with E-state index in [1.807, 2.05) is 0 Å². The number of rotatable bonds is 1. The van der Waals surface area contributed by atoms with E-state index in [1.54, 1.807) is 0 Å². The van der Waals surface area contributed by atoms with Crippen molar-refractivity contribution in [1.29, 1.82) is 0 Å². The maximum Gasteiger partial charge on any atom is 0.418 e. The van der Waals surface area contributed by atoms with Crippen LogP contribution in [0, 0.1) is 0 Å². The maximum absolute atomic E-state index is 11.3. The van der Waals surface area contributed by atoms with Gasteiger partial charge in [-0.1, -0.05) is 0 Å². The lowest BCUT2D eigenvalue weighted by atomic mass is 10.3. The first kappa shape index (κ1) is 9.09. The highest BCUT2D eigenvalue weighted by Crippen LogP contribution is 2.20. The second-order valence-corrected chi connectivity index (χ2v) is 1.51. The van der Waals surface area contributed by atoms with Gasteiger partial charge in [0.05, 0.1) is 0 Å². The summed E-state index contributed by atoms with van der Waals surface area (Å²) in [6.45, 7) is 0. The van der Waals surface area contributed by atoms with Crippen molar-refractivity contribution in [1.82, 2.24) is 0 Å².